The molecule has 0 saturated heterocycles. The van der Waals surface area contributed by atoms with Gasteiger partial charge in [0.2, 0.25) is 0 Å². The van der Waals surface area contributed by atoms with Gasteiger partial charge >= 0.3 is 5.97 Å². The van der Waals surface area contributed by atoms with Gasteiger partial charge in [-0.2, -0.15) is 0 Å². The number of ether oxygens (including phenoxy) is 2. The molecule has 2 aromatic rings. The van der Waals surface area contributed by atoms with Crippen LogP contribution in [0.4, 0.5) is 0 Å². The van der Waals surface area contributed by atoms with Crippen LogP contribution in [0, 0.1) is 0 Å². The highest BCUT2D eigenvalue weighted by molar-refractivity contribution is 6.30. The Hall–Kier alpha value is -2.41. The zero-order valence-electron chi connectivity index (χ0n) is 20.0. The molecule has 2 rings (SSSR count). The van der Waals surface area contributed by atoms with Crippen LogP contribution < -0.4 is 9.84 Å². The average Bonchev–Trinajstić information content (AvgIpc) is 2.67. The minimum absolute atomic E-state index is 0.0312. The lowest BCUT2D eigenvalue weighted by Crippen LogP contribution is -2.40. The molecule has 0 spiro atoms. The highest BCUT2D eigenvalue weighted by Gasteiger charge is 2.32. The zero-order valence-corrected chi connectivity index (χ0v) is 20.7. The number of hydrogen-bond acceptors (Lipinski definition) is 5. The first-order chi connectivity index (χ1) is 14.7. The van der Waals surface area contributed by atoms with Crippen molar-refractivity contribution in [1.82, 2.24) is 0 Å². The highest BCUT2D eigenvalue weighted by atomic mass is 35.5. The Kier molecular flexibility index (Phi) is 10.4. The van der Waals surface area contributed by atoms with Crippen molar-refractivity contribution in [2.75, 3.05) is 34.3 Å². The van der Waals surface area contributed by atoms with Crippen LogP contribution in [0.3, 0.4) is 0 Å². The highest BCUT2D eigenvalue weighted by Crippen LogP contribution is 2.22. The van der Waals surface area contributed by atoms with E-state index in [0.29, 0.717) is 21.9 Å². The van der Waals surface area contributed by atoms with E-state index in [1.807, 2.05) is 21.1 Å². The summed E-state index contributed by atoms with van der Waals surface area (Å²) in [5, 5.41) is 10.5. The predicted octanol–water partition coefficient (Wildman–Crippen LogP) is 3.73. The van der Waals surface area contributed by atoms with Gasteiger partial charge in [0.15, 0.2) is 11.4 Å². The molecule has 0 aliphatic heterocycles. The molecule has 0 heterocycles. The van der Waals surface area contributed by atoms with Crippen LogP contribution in [-0.2, 0) is 9.53 Å². The van der Waals surface area contributed by atoms with E-state index in [1.54, 1.807) is 76.2 Å². The maximum absolute atomic E-state index is 12.4. The normalized spacial score (nSPS) is 11.4. The van der Waals surface area contributed by atoms with Crippen LogP contribution in [0.1, 0.15) is 43.6 Å². The molecule has 0 fully saturated rings. The fourth-order valence-electron chi connectivity index (χ4n) is 2.41. The largest absolute Gasteiger partial charge is 0.850 e. The second kappa shape index (κ2) is 12.0. The minimum atomic E-state index is -1.12. The second-order valence-electron chi connectivity index (χ2n) is 9.14. The van der Waals surface area contributed by atoms with Crippen LogP contribution in [0.25, 0.3) is 0 Å². The zero-order chi connectivity index (χ0) is 24.5. The molecule has 0 amide bonds. The number of likely N-dealkylation sites (N-methyl/N-ethyl adjacent to an activating group) is 1. The lowest BCUT2D eigenvalue weighted by atomic mass is 10.0. The Balaban J connectivity index is 0.000000633. The quantitative estimate of drug-likeness (QED) is 0.338. The third-order valence-electron chi connectivity index (χ3n) is 4.19. The summed E-state index contributed by atoms with van der Waals surface area (Å²) in [5.74, 6) is -0.0659. The van der Waals surface area contributed by atoms with Crippen molar-refractivity contribution in [2.24, 2.45) is 0 Å². The molecule has 0 unspecified atom stereocenters. The van der Waals surface area contributed by atoms with Gasteiger partial charge in [-0.25, -0.2) is 4.79 Å². The Morgan fingerprint density at radius 2 is 1.44 bits per heavy atom. The van der Waals surface area contributed by atoms with Crippen LogP contribution in [-0.4, -0.2) is 62.2 Å². The monoisotopic (exact) mass is 463 g/mol. The van der Waals surface area contributed by atoms with Gasteiger partial charge in [0.1, 0.15) is 5.75 Å². The van der Waals surface area contributed by atoms with Crippen molar-refractivity contribution >= 4 is 23.4 Å². The van der Waals surface area contributed by atoms with Gasteiger partial charge in [-0.15, -0.1) is 0 Å². The number of benzene rings is 2. The molecule has 6 nitrogen and oxygen atoms in total. The lowest BCUT2D eigenvalue weighted by molar-refractivity contribution is -0.875. The van der Waals surface area contributed by atoms with E-state index in [9.17, 15) is 14.7 Å². The first-order valence-electron chi connectivity index (χ1n) is 10.4. The smallest absolute Gasteiger partial charge is 0.350 e. The summed E-state index contributed by atoms with van der Waals surface area (Å²) in [6.07, 6.45) is -0.213. The fraction of sp³-hybridized carbons (Fsp3) is 0.440. The third-order valence-corrected chi connectivity index (χ3v) is 4.44. The molecule has 7 heteroatoms. The molecule has 0 atom stereocenters. The first kappa shape index (κ1) is 27.6. The van der Waals surface area contributed by atoms with E-state index in [0.717, 1.165) is 11.0 Å². The molecule has 0 radical (unpaired) electrons. The summed E-state index contributed by atoms with van der Waals surface area (Å²) in [6.45, 7) is 7.61. The summed E-state index contributed by atoms with van der Waals surface area (Å²) in [6, 6.07) is 13.4. The number of ketones is 1. The summed E-state index contributed by atoms with van der Waals surface area (Å²) >= 11 is 5.84. The van der Waals surface area contributed by atoms with E-state index in [-0.39, 0.29) is 18.5 Å². The van der Waals surface area contributed by atoms with E-state index >= 15 is 0 Å². The molecular formula is C25H34ClNO5. The number of nitrogens with zero attached hydrogens (tertiary/aromatic N) is 1. The minimum Gasteiger partial charge on any atom is -0.850 e. The van der Waals surface area contributed by atoms with Crippen molar-refractivity contribution in [3.63, 3.8) is 0 Å². The van der Waals surface area contributed by atoms with Crippen molar-refractivity contribution < 1.29 is 28.7 Å². The molecule has 32 heavy (non-hydrogen) atoms. The Morgan fingerprint density at radius 3 is 1.81 bits per heavy atom. The molecule has 0 aromatic heterocycles. The molecular weight excluding hydrogens is 430 g/mol. The number of quaternary nitrogens is 1. The fourth-order valence-corrected chi connectivity index (χ4v) is 2.53. The maximum Gasteiger partial charge on any atom is 0.350 e. The van der Waals surface area contributed by atoms with Gasteiger partial charge in [0.25, 0.3) is 0 Å². The van der Waals surface area contributed by atoms with E-state index in [1.165, 1.54) is 0 Å². The Labute approximate surface area is 196 Å². The second-order valence-corrected chi connectivity index (χ2v) is 9.58. The van der Waals surface area contributed by atoms with Crippen molar-refractivity contribution in [3.8, 4) is 5.75 Å². The standard InChI is InChI=1S/C20H21ClO4.C5H13NO/c1-13(2)24-19(23)20(3,4)25-17-11-7-15(8-12-17)18(22)14-5-9-16(21)10-6-14;1-6(2,3)4-5-7/h5-13H,1-4H3;4-5H2,1-3H3. The molecule has 0 aliphatic carbocycles. The number of carbonyl (C=O) groups excluding carboxylic acids is 2. The topological polar surface area (TPSA) is 75.7 Å². The van der Waals surface area contributed by atoms with Gasteiger partial charge < -0.3 is 19.1 Å². The van der Waals surface area contributed by atoms with Crippen molar-refractivity contribution in [1.29, 1.82) is 0 Å². The number of esters is 1. The maximum atomic E-state index is 12.4. The number of rotatable bonds is 8. The van der Waals surface area contributed by atoms with Gasteiger partial charge in [-0.1, -0.05) is 18.2 Å². The van der Waals surface area contributed by atoms with Crippen LogP contribution in [0.15, 0.2) is 48.5 Å². The molecule has 2 aromatic carbocycles. The average molecular weight is 464 g/mol. The van der Waals surface area contributed by atoms with Crippen LogP contribution in [0.5, 0.6) is 5.75 Å². The lowest BCUT2D eigenvalue weighted by Gasteiger charge is -2.25. The SMILES string of the molecule is CC(C)OC(=O)C(C)(C)Oc1ccc(C(=O)c2ccc(Cl)cc2)cc1.C[N+](C)(C)CC[O-]. The number of carbonyl (C=O) groups is 2. The van der Waals surface area contributed by atoms with Crippen molar-refractivity contribution in [2.45, 2.75) is 39.4 Å². The molecule has 0 aliphatic rings. The number of halogens is 1. The van der Waals surface area contributed by atoms with Gasteiger partial charge in [-0.05, 0) is 76.2 Å². The van der Waals surface area contributed by atoms with E-state index in [4.69, 9.17) is 21.1 Å². The molecule has 0 saturated carbocycles. The van der Waals surface area contributed by atoms with Crippen LogP contribution in [0.2, 0.25) is 5.02 Å². The summed E-state index contributed by atoms with van der Waals surface area (Å²) in [7, 11) is 6.04. The third kappa shape index (κ3) is 9.81. The van der Waals surface area contributed by atoms with E-state index < -0.39 is 11.6 Å². The van der Waals surface area contributed by atoms with Crippen molar-refractivity contribution in [3.05, 3.63) is 64.7 Å². The van der Waals surface area contributed by atoms with Gasteiger partial charge in [0.05, 0.1) is 33.8 Å². The predicted molar refractivity (Wildman–Crippen MR) is 125 cm³/mol. The Bertz CT molecular complexity index is 869. The first-order valence-corrected chi connectivity index (χ1v) is 10.8. The number of hydrogen-bond donors (Lipinski definition) is 0. The summed E-state index contributed by atoms with van der Waals surface area (Å²) in [5.41, 5.74) is -0.0393. The van der Waals surface area contributed by atoms with Gasteiger partial charge in [-0.3, -0.25) is 4.79 Å². The van der Waals surface area contributed by atoms with Gasteiger partial charge in [0, 0.05) is 16.1 Å². The van der Waals surface area contributed by atoms with Crippen LogP contribution >= 0.6 is 11.6 Å². The van der Waals surface area contributed by atoms with E-state index in [2.05, 4.69) is 0 Å². The summed E-state index contributed by atoms with van der Waals surface area (Å²) in [4.78, 5) is 24.5. The molecule has 0 N–H and O–H groups in total. The summed E-state index contributed by atoms with van der Waals surface area (Å²) < 4.78 is 11.7. The Morgan fingerprint density at radius 1 is 0.969 bits per heavy atom. The molecule has 0 bridgehead atoms. The molecule has 176 valence electrons.